The Morgan fingerprint density at radius 3 is 2.57 bits per heavy atom. The Kier molecular flexibility index (Phi) is 7.47. The van der Waals surface area contributed by atoms with Crippen molar-refractivity contribution in [3.63, 3.8) is 0 Å². The molecule has 2 heterocycles. The highest BCUT2D eigenvalue weighted by atomic mass is 19.1. The normalized spacial score (nSPS) is 20.6. The number of likely N-dealkylation sites (tertiary alicyclic amines) is 1. The second kappa shape index (κ2) is 10.5. The lowest BCUT2D eigenvalue weighted by Crippen LogP contribution is -3.14. The fraction of sp³-hybridized carbons (Fsp3) is 0.385. The van der Waals surface area contributed by atoms with Crippen LogP contribution in [0.1, 0.15) is 31.0 Å². The van der Waals surface area contributed by atoms with E-state index >= 15 is 0 Å². The fourth-order valence-electron chi connectivity index (χ4n) is 4.46. The molecular weight excluding hydrogens is 458 g/mol. The monoisotopic (exact) mass is 486 g/mol. The molecule has 0 bridgehead atoms. The summed E-state index contributed by atoms with van der Waals surface area (Å²) < 4.78 is 39.4. The Balaban J connectivity index is 1.73. The first-order valence-electron chi connectivity index (χ1n) is 11.7. The van der Waals surface area contributed by atoms with Crippen LogP contribution >= 0.6 is 0 Å². The van der Waals surface area contributed by atoms with Crippen LogP contribution in [0.2, 0.25) is 0 Å². The molecule has 1 amide bonds. The van der Waals surface area contributed by atoms with Gasteiger partial charge in [-0.3, -0.25) is 9.59 Å². The van der Waals surface area contributed by atoms with E-state index in [1.165, 1.54) is 40.1 Å². The molecule has 9 heteroatoms. The Bertz CT molecular complexity index is 1140. The number of carbonyl (C=O) groups excluding carboxylic acids is 2. The number of ketones is 1. The molecule has 0 aromatic heterocycles. The van der Waals surface area contributed by atoms with Gasteiger partial charge >= 0.3 is 0 Å². The average molecular weight is 487 g/mol. The maximum Gasteiger partial charge on any atom is 0.295 e. The Hall–Kier alpha value is -3.30. The minimum atomic E-state index is -1.06. The zero-order valence-corrected chi connectivity index (χ0v) is 19.7. The van der Waals surface area contributed by atoms with Crippen molar-refractivity contribution >= 4 is 17.4 Å². The van der Waals surface area contributed by atoms with Crippen molar-refractivity contribution in [1.29, 1.82) is 0 Å². The predicted octanol–water partition coefficient (Wildman–Crippen LogP) is 0.891. The van der Waals surface area contributed by atoms with Crippen molar-refractivity contribution in [2.75, 3.05) is 39.4 Å². The summed E-state index contributed by atoms with van der Waals surface area (Å²) in [4.78, 5) is 28.6. The maximum atomic E-state index is 14.6. The molecule has 2 aliphatic heterocycles. The summed E-state index contributed by atoms with van der Waals surface area (Å²) in [6.45, 7) is 6.97. The van der Waals surface area contributed by atoms with E-state index in [4.69, 9.17) is 9.47 Å². The minimum absolute atomic E-state index is 0.0211. The summed E-state index contributed by atoms with van der Waals surface area (Å²) in [5, 5.41) is 13.4. The van der Waals surface area contributed by atoms with E-state index in [2.05, 4.69) is 0 Å². The minimum Gasteiger partial charge on any atom is -0.872 e. The Labute approximate surface area is 202 Å². The summed E-state index contributed by atoms with van der Waals surface area (Å²) >= 11 is 0. The molecule has 7 nitrogen and oxygen atoms in total. The van der Waals surface area contributed by atoms with Gasteiger partial charge in [-0.15, -0.1) is 0 Å². The Morgan fingerprint density at radius 1 is 1.17 bits per heavy atom. The molecule has 0 saturated carbocycles. The zero-order valence-electron chi connectivity index (χ0n) is 19.7. The lowest BCUT2D eigenvalue weighted by molar-refractivity contribution is -0.907. The fourth-order valence-corrected chi connectivity index (χ4v) is 4.46. The predicted molar refractivity (Wildman–Crippen MR) is 121 cm³/mol. The number of ether oxygens (including phenoxy) is 2. The van der Waals surface area contributed by atoms with Gasteiger partial charge in [-0.2, -0.15) is 0 Å². The number of nitrogens with one attached hydrogen (secondary N) is 1. The van der Waals surface area contributed by atoms with Crippen molar-refractivity contribution < 1.29 is 37.9 Å². The Morgan fingerprint density at radius 2 is 1.91 bits per heavy atom. The molecule has 0 spiro atoms. The maximum absolute atomic E-state index is 14.6. The van der Waals surface area contributed by atoms with Crippen molar-refractivity contribution in [3.05, 3.63) is 70.8 Å². The third-order valence-electron chi connectivity index (χ3n) is 6.16. The van der Waals surface area contributed by atoms with E-state index in [0.717, 1.165) is 19.2 Å². The molecule has 0 radical (unpaired) electrons. The van der Waals surface area contributed by atoms with Crippen molar-refractivity contribution in [1.82, 2.24) is 4.90 Å². The summed E-state index contributed by atoms with van der Waals surface area (Å²) in [6.07, 6.45) is -0.269. The summed E-state index contributed by atoms with van der Waals surface area (Å²) in [5.41, 5.74) is -0.0870. The number of amides is 1. The van der Waals surface area contributed by atoms with Crippen LogP contribution in [-0.2, 0) is 14.3 Å². The zero-order chi connectivity index (χ0) is 25.1. The molecule has 2 aromatic carbocycles. The molecule has 2 aliphatic rings. The standard InChI is InChI=1S/C26H28F2N2O5/c1-16(2)35-21-7-6-18(15-20(21)28)24(31)22-23(17-4-3-5-19(27)14-17)30(26(33)25(22)32)9-8-29-10-12-34-13-11-29/h3-7,14-16,23,31H,8-13H2,1-2H3. The second-order valence-electron chi connectivity index (χ2n) is 8.95. The molecule has 1 N–H and O–H groups in total. The van der Waals surface area contributed by atoms with Crippen molar-refractivity contribution in [2.24, 2.45) is 0 Å². The van der Waals surface area contributed by atoms with Gasteiger partial charge in [0.25, 0.3) is 5.91 Å². The van der Waals surface area contributed by atoms with Gasteiger partial charge in [-0.1, -0.05) is 24.0 Å². The van der Waals surface area contributed by atoms with Crippen LogP contribution < -0.4 is 14.7 Å². The molecule has 0 aliphatic carbocycles. The second-order valence-corrected chi connectivity index (χ2v) is 8.95. The van der Waals surface area contributed by atoms with Gasteiger partial charge in [0.2, 0.25) is 5.78 Å². The number of nitrogens with zero attached hydrogens (tertiary/aromatic N) is 1. The summed E-state index contributed by atoms with van der Waals surface area (Å²) in [5.74, 6) is -3.88. The molecule has 2 saturated heterocycles. The molecule has 35 heavy (non-hydrogen) atoms. The molecule has 1 unspecified atom stereocenters. The van der Waals surface area contributed by atoms with Gasteiger partial charge < -0.3 is 24.4 Å². The van der Waals surface area contributed by atoms with Crippen molar-refractivity contribution in [3.8, 4) is 5.75 Å². The third kappa shape index (κ3) is 5.36. The molecular formula is C26H28F2N2O5. The first kappa shape index (κ1) is 24.8. The molecule has 2 fully saturated rings. The van der Waals surface area contributed by atoms with Gasteiger partial charge in [0, 0.05) is 5.57 Å². The number of hydrogen-bond acceptors (Lipinski definition) is 5. The van der Waals surface area contributed by atoms with E-state index in [9.17, 15) is 23.5 Å². The number of Topliss-reactive ketones (excluding diaryl/α,β-unsaturated/α-hetero) is 1. The van der Waals surface area contributed by atoms with E-state index < -0.39 is 35.1 Å². The van der Waals surface area contributed by atoms with E-state index in [1.807, 2.05) is 0 Å². The van der Waals surface area contributed by atoms with Crippen molar-refractivity contribution in [2.45, 2.75) is 26.0 Å². The number of halogens is 2. The molecule has 4 rings (SSSR count). The lowest BCUT2D eigenvalue weighted by Gasteiger charge is -2.30. The van der Waals surface area contributed by atoms with Crippen LogP contribution in [0, 0.1) is 11.6 Å². The van der Waals surface area contributed by atoms with E-state index in [1.54, 1.807) is 19.9 Å². The third-order valence-corrected chi connectivity index (χ3v) is 6.16. The summed E-state index contributed by atoms with van der Waals surface area (Å²) in [7, 11) is 0. The summed E-state index contributed by atoms with van der Waals surface area (Å²) in [6, 6.07) is 8.10. The highest BCUT2D eigenvalue weighted by molar-refractivity contribution is 6.46. The van der Waals surface area contributed by atoms with Gasteiger partial charge in [0.05, 0.1) is 38.4 Å². The van der Waals surface area contributed by atoms with Gasteiger partial charge in [-0.05, 0) is 49.2 Å². The van der Waals surface area contributed by atoms with Gasteiger partial charge in [0.15, 0.2) is 11.6 Å². The van der Waals surface area contributed by atoms with Gasteiger partial charge in [-0.25, -0.2) is 8.78 Å². The van der Waals surface area contributed by atoms with Crippen LogP contribution in [0.25, 0.3) is 5.76 Å². The largest absolute Gasteiger partial charge is 0.872 e. The SMILES string of the molecule is CC(C)Oc1ccc(C([O-])=C2C(=O)C(=O)N(CC[NH+]3CCOCC3)C2c2cccc(F)c2)cc1F. The number of rotatable bonds is 7. The molecule has 1 atom stereocenters. The number of morpholine rings is 1. The van der Waals surface area contributed by atoms with Gasteiger partial charge in [0.1, 0.15) is 18.9 Å². The van der Waals surface area contributed by atoms with E-state index in [0.29, 0.717) is 25.3 Å². The highest BCUT2D eigenvalue weighted by Gasteiger charge is 2.44. The van der Waals surface area contributed by atoms with Crippen LogP contribution in [0.4, 0.5) is 8.78 Å². The van der Waals surface area contributed by atoms with Crippen LogP contribution in [0.5, 0.6) is 5.75 Å². The van der Waals surface area contributed by atoms with Crippen LogP contribution in [0.15, 0.2) is 48.0 Å². The number of hydrogen-bond donors (Lipinski definition) is 1. The molecule has 186 valence electrons. The first-order valence-corrected chi connectivity index (χ1v) is 11.7. The topological polar surface area (TPSA) is 83.3 Å². The number of quaternary nitrogens is 1. The lowest BCUT2D eigenvalue weighted by atomic mass is 9.95. The number of carbonyl (C=O) groups is 2. The van der Waals surface area contributed by atoms with E-state index in [-0.39, 0.29) is 29.5 Å². The quantitative estimate of drug-likeness (QED) is 0.357. The van der Waals surface area contributed by atoms with Crippen LogP contribution in [-0.4, -0.2) is 62.1 Å². The number of benzene rings is 2. The highest BCUT2D eigenvalue weighted by Crippen LogP contribution is 2.39. The smallest absolute Gasteiger partial charge is 0.295 e. The molecule has 2 aromatic rings. The average Bonchev–Trinajstić information content (AvgIpc) is 3.09. The van der Waals surface area contributed by atoms with Crippen LogP contribution in [0.3, 0.4) is 0 Å². The first-order chi connectivity index (χ1) is 16.8.